The number of hydrogen-bond acceptors (Lipinski definition) is 0. The van der Waals surface area contributed by atoms with Crippen molar-refractivity contribution in [2.75, 3.05) is 0 Å². The minimum Gasteiger partial charge on any atom is -0.0651 e. The zero-order valence-corrected chi connectivity index (χ0v) is 13.2. The number of aryl methyl sites for hydroxylation is 1. The summed E-state index contributed by atoms with van der Waals surface area (Å²) >= 11 is 3.77. The van der Waals surface area contributed by atoms with Crippen LogP contribution in [0.15, 0.2) is 65.1 Å². The van der Waals surface area contributed by atoms with Gasteiger partial charge in [-0.1, -0.05) is 83.9 Å². The Kier molecular flexibility index (Phi) is 3.88. The van der Waals surface area contributed by atoms with Gasteiger partial charge in [0, 0.05) is 4.47 Å². The zero-order valence-electron chi connectivity index (χ0n) is 11.6. The molecule has 0 aliphatic heterocycles. The van der Waals surface area contributed by atoms with Gasteiger partial charge >= 0.3 is 0 Å². The molecule has 0 N–H and O–H groups in total. The van der Waals surface area contributed by atoms with Crippen LogP contribution in [-0.2, 0) is 6.42 Å². The van der Waals surface area contributed by atoms with Crippen LogP contribution in [0.25, 0.3) is 21.9 Å². The van der Waals surface area contributed by atoms with Gasteiger partial charge in [-0.05, 0) is 39.9 Å². The van der Waals surface area contributed by atoms with E-state index in [1.807, 2.05) is 0 Å². The van der Waals surface area contributed by atoms with Gasteiger partial charge in [0.25, 0.3) is 0 Å². The van der Waals surface area contributed by atoms with Gasteiger partial charge in [-0.2, -0.15) is 0 Å². The lowest BCUT2D eigenvalue weighted by atomic mass is 9.93. The van der Waals surface area contributed by atoms with E-state index in [1.54, 1.807) is 0 Å². The standard InChI is InChI=1S/C19H17Br/c1-2-8-17-15-11-6-7-12-16(15)18(13-19(17)20)14-9-4-3-5-10-14/h3-7,9-13H,2,8H2,1H3. The number of fused-ring (bicyclic) bond motifs is 1. The van der Waals surface area contributed by atoms with Crippen LogP contribution in [0, 0.1) is 0 Å². The van der Waals surface area contributed by atoms with E-state index in [-0.39, 0.29) is 0 Å². The number of hydrogen-bond donors (Lipinski definition) is 0. The van der Waals surface area contributed by atoms with Gasteiger partial charge in [-0.15, -0.1) is 0 Å². The topological polar surface area (TPSA) is 0 Å². The maximum Gasteiger partial charge on any atom is 0.0219 e. The minimum atomic E-state index is 1.11. The fourth-order valence-corrected chi connectivity index (χ4v) is 3.40. The van der Waals surface area contributed by atoms with E-state index in [2.05, 4.69) is 83.5 Å². The van der Waals surface area contributed by atoms with E-state index in [1.165, 1.54) is 31.9 Å². The summed E-state index contributed by atoms with van der Waals surface area (Å²) in [5.74, 6) is 0. The highest BCUT2D eigenvalue weighted by Gasteiger charge is 2.10. The molecule has 3 aromatic rings. The van der Waals surface area contributed by atoms with Gasteiger partial charge in [0.15, 0.2) is 0 Å². The first-order chi connectivity index (χ1) is 9.81. The molecule has 0 amide bonds. The van der Waals surface area contributed by atoms with Crippen molar-refractivity contribution in [3.05, 3.63) is 70.7 Å². The van der Waals surface area contributed by atoms with E-state index in [0.29, 0.717) is 0 Å². The van der Waals surface area contributed by atoms with Gasteiger partial charge in [0.2, 0.25) is 0 Å². The van der Waals surface area contributed by atoms with Gasteiger partial charge < -0.3 is 0 Å². The highest BCUT2D eigenvalue weighted by atomic mass is 79.9. The van der Waals surface area contributed by atoms with Crippen molar-refractivity contribution in [1.82, 2.24) is 0 Å². The van der Waals surface area contributed by atoms with Crippen molar-refractivity contribution in [3.8, 4) is 11.1 Å². The minimum absolute atomic E-state index is 1.11. The fourth-order valence-electron chi connectivity index (χ4n) is 2.76. The highest BCUT2D eigenvalue weighted by molar-refractivity contribution is 9.10. The number of halogens is 1. The van der Waals surface area contributed by atoms with E-state index >= 15 is 0 Å². The molecule has 0 fully saturated rings. The van der Waals surface area contributed by atoms with Crippen molar-refractivity contribution >= 4 is 26.7 Å². The van der Waals surface area contributed by atoms with Gasteiger partial charge in [0.05, 0.1) is 0 Å². The normalized spacial score (nSPS) is 10.9. The lowest BCUT2D eigenvalue weighted by Crippen LogP contribution is -1.91. The first kappa shape index (κ1) is 13.4. The molecule has 0 aliphatic carbocycles. The maximum atomic E-state index is 3.77. The van der Waals surface area contributed by atoms with Crippen molar-refractivity contribution in [2.45, 2.75) is 19.8 Å². The molecule has 0 atom stereocenters. The Morgan fingerprint density at radius 2 is 1.50 bits per heavy atom. The van der Waals surface area contributed by atoms with E-state index < -0.39 is 0 Å². The van der Waals surface area contributed by atoms with Crippen molar-refractivity contribution in [1.29, 1.82) is 0 Å². The second kappa shape index (κ2) is 5.80. The molecule has 0 nitrogen and oxygen atoms in total. The molecule has 3 aromatic carbocycles. The predicted molar refractivity (Wildman–Crippen MR) is 91.1 cm³/mol. The monoisotopic (exact) mass is 324 g/mol. The molecule has 0 bridgehead atoms. The van der Waals surface area contributed by atoms with E-state index in [4.69, 9.17) is 0 Å². The van der Waals surface area contributed by atoms with Crippen LogP contribution in [0.4, 0.5) is 0 Å². The summed E-state index contributed by atoms with van der Waals surface area (Å²) in [4.78, 5) is 0. The summed E-state index contributed by atoms with van der Waals surface area (Å²) in [5.41, 5.74) is 3.99. The Morgan fingerprint density at radius 1 is 0.850 bits per heavy atom. The third-order valence-electron chi connectivity index (χ3n) is 3.69. The number of benzene rings is 3. The van der Waals surface area contributed by atoms with Crippen LogP contribution >= 0.6 is 15.9 Å². The van der Waals surface area contributed by atoms with Crippen LogP contribution in [0.1, 0.15) is 18.9 Å². The Balaban J connectivity index is 2.32. The highest BCUT2D eigenvalue weighted by Crippen LogP contribution is 2.36. The zero-order chi connectivity index (χ0) is 13.9. The average Bonchev–Trinajstić information content (AvgIpc) is 2.51. The van der Waals surface area contributed by atoms with Crippen LogP contribution in [0.5, 0.6) is 0 Å². The molecule has 3 rings (SSSR count). The quantitative estimate of drug-likeness (QED) is 0.536. The van der Waals surface area contributed by atoms with Gasteiger partial charge in [-0.3, -0.25) is 0 Å². The molecule has 0 aliphatic rings. The van der Waals surface area contributed by atoms with E-state index in [0.717, 1.165) is 12.8 Å². The third-order valence-corrected chi connectivity index (χ3v) is 4.39. The molecule has 0 saturated carbocycles. The first-order valence-corrected chi connectivity index (χ1v) is 7.86. The molecule has 100 valence electrons. The van der Waals surface area contributed by atoms with Crippen LogP contribution in [0.3, 0.4) is 0 Å². The fraction of sp³-hybridized carbons (Fsp3) is 0.158. The summed E-state index contributed by atoms with van der Waals surface area (Å²) in [7, 11) is 0. The van der Waals surface area contributed by atoms with Gasteiger partial charge in [-0.25, -0.2) is 0 Å². The predicted octanol–water partition coefficient (Wildman–Crippen LogP) is 6.22. The summed E-state index contributed by atoms with van der Waals surface area (Å²) in [6, 6.07) is 21.6. The molecule has 1 heteroatoms. The summed E-state index contributed by atoms with van der Waals surface area (Å²) in [6.07, 6.45) is 2.27. The Bertz CT molecular complexity index is 729. The second-order valence-corrected chi connectivity index (χ2v) is 5.90. The van der Waals surface area contributed by atoms with Crippen LogP contribution < -0.4 is 0 Å². The number of rotatable bonds is 3. The van der Waals surface area contributed by atoms with Crippen molar-refractivity contribution in [2.24, 2.45) is 0 Å². The average molecular weight is 325 g/mol. The molecule has 0 radical (unpaired) electrons. The third kappa shape index (κ3) is 2.38. The molecule has 0 spiro atoms. The second-order valence-electron chi connectivity index (χ2n) is 5.05. The van der Waals surface area contributed by atoms with Gasteiger partial charge in [0.1, 0.15) is 0 Å². The molecule has 0 aromatic heterocycles. The van der Waals surface area contributed by atoms with Crippen LogP contribution in [-0.4, -0.2) is 0 Å². The molecule has 0 unspecified atom stereocenters. The summed E-state index contributed by atoms with van der Waals surface area (Å²) in [6.45, 7) is 2.23. The van der Waals surface area contributed by atoms with Crippen LogP contribution in [0.2, 0.25) is 0 Å². The lowest BCUT2D eigenvalue weighted by Gasteiger charge is -2.13. The molecular weight excluding hydrogens is 308 g/mol. The smallest absolute Gasteiger partial charge is 0.0219 e. The Morgan fingerprint density at radius 3 is 2.20 bits per heavy atom. The SMILES string of the molecule is CCCc1c(Br)cc(-c2ccccc2)c2ccccc12. The van der Waals surface area contributed by atoms with Crippen molar-refractivity contribution < 1.29 is 0 Å². The first-order valence-electron chi connectivity index (χ1n) is 7.07. The maximum absolute atomic E-state index is 3.77. The largest absolute Gasteiger partial charge is 0.0651 e. The molecule has 0 saturated heterocycles. The molecule has 20 heavy (non-hydrogen) atoms. The Hall–Kier alpha value is -1.60. The van der Waals surface area contributed by atoms with Crippen molar-refractivity contribution in [3.63, 3.8) is 0 Å². The van der Waals surface area contributed by atoms with E-state index in [9.17, 15) is 0 Å². The lowest BCUT2D eigenvalue weighted by molar-refractivity contribution is 0.925. The molecule has 0 heterocycles. The summed E-state index contributed by atoms with van der Waals surface area (Å²) < 4.78 is 1.22. The Labute approximate surface area is 128 Å². The molecular formula is C19H17Br. The summed E-state index contributed by atoms with van der Waals surface area (Å²) in [5, 5.41) is 2.70.